The maximum atomic E-state index is 5.58. The predicted octanol–water partition coefficient (Wildman–Crippen LogP) is 4.32. The van der Waals surface area contributed by atoms with Gasteiger partial charge in [-0.2, -0.15) is 0 Å². The Morgan fingerprint density at radius 3 is 2.80 bits per heavy atom. The summed E-state index contributed by atoms with van der Waals surface area (Å²) in [5, 5.41) is 0. The summed E-state index contributed by atoms with van der Waals surface area (Å²) in [6, 6.07) is 8.14. The second-order valence-corrected chi connectivity index (χ2v) is 4.56. The van der Waals surface area contributed by atoms with Crippen LogP contribution in [0.2, 0.25) is 0 Å². The Morgan fingerprint density at radius 2 is 2.13 bits per heavy atom. The van der Waals surface area contributed by atoms with Gasteiger partial charge in [0.2, 0.25) is 0 Å². The number of hydrogen-bond acceptors (Lipinski definition) is 1. The van der Waals surface area contributed by atoms with Crippen molar-refractivity contribution >= 4 is 15.9 Å². The Morgan fingerprint density at radius 1 is 1.40 bits per heavy atom. The van der Waals surface area contributed by atoms with Crippen LogP contribution in [0.3, 0.4) is 0 Å². The minimum absolute atomic E-state index is 0.678. The first-order valence-electron chi connectivity index (χ1n) is 5.15. The number of allylic oxidation sites excluding steroid dienone is 1. The highest BCUT2D eigenvalue weighted by atomic mass is 79.9. The molecule has 0 saturated heterocycles. The fourth-order valence-electron chi connectivity index (χ4n) is 1.27. The average molecular weight is 269 g/mol. The number of rotatable bonds is 6. The van der Waals surface area contributed by atoms with Gasteiger partial charge >= 0.3 is 0 Å². The molecule has 15 heavy (non-hydrogen) atoms. The molecule has 0 unspecified atom stereocenters. The molecule has 2 heteroatoms. The highest BCUT2D eigenvalue weighted by Gasteiger charge is 1.97. The zero-order valence-electron chi connectivity index (χ0n) is 9.13. The zero-order chi connectivity index (χ0) is 11.1. The van der Waals surface area contributed by atoms with Gasteiger partial charge in [-0.05, 0) is 31.4 Å². The van der Waals surface area contributed by atoms with E-state index in [0.29, 0.717) is 6.61 Å². The first-order valence-corrected chi connectivity index (χ1v) is 5.95. The molecule has 0 heterocycles. The molecule has 1 aromatic carbocycles. The van der Waals surface area contributed by atoms with E-state index >= 15 is 0 Å². The minimum atomic E-state index is 0.678. The van der Waals surface area contributed by atoms with E-state index in [1.54, 1.807) is 0 Å². The smallest absolute Gasteiger partial charge is 0.0727 e. The summed E-state index contributed by atoms with van der Waals surface area (Å²) >= 11 is 3.49. The van der Waals surface area contributed by atoms with E-state index in [1.807, 2.05) is 25.1 Å². The lowest BCUT2D eigenvalue weighted by Gasteiger charge is -2.06. The monoisotopic (exact) mass is 268 g/mol. The average Bonchev–Trinajstić information content (AvgIpc) is 2.20. The van der Waals surface area contributed by atoms with Crippen molar-refractivity contribution in [2.24, 2.45) is 0 Å². The third kappa shape index (κ3) is 5.14. The van der Waals surface area contributed by atoms with Crippen molar-refractivity contribution in [1.82, 2.24) is 0 Å². The Kier molecular flexibility index (Phi) is 5.66. The molecule has 1 rings (SSSR count). The van der Waals surface area contributed by atoms with Gasteiger partial charge in [0.1, 0.15) is 0 Å². The molecular weight excluding hydrogens is 252 g/mol. The molecule has 0 aliphatic heterocycles. The van der Waals surface area contributed by atoms with E-state index in [1.165, 1.54) is 11.1 Å². The van der Waals surface area contributed by atoms with Crippen LogP contribution in [0.4, 0.5) is 0 Å². The third-order valence-corrected chi connectivity index (χ3v) is 2.88. The molecule has 0 N–H and O–H groups in total. The lowest BCUT2D eigenvalue weighted by atomic mass is 10.2. The fourth-order valence-corrected chi connectivity index (χ4v) is 1.67. The van der Waals surface area contributed by atoms with Crippen molar-refractivity contribution in [1.29, 1.82) is 0 Å². The van der Waals surface area contributed by atoms with Crippen LogP contribution in [0.1, 0.15) is 25.3 Å². The Balaban J connectivity index is 2.21. The highest BCUT2D eigenvalue weighted by molar-refractivity contribution is 9.10. The molecule has 1 nitrogen and oxygen atoms in total. The maximum Gasteiger partial charge on any atom is 0.0727 e. The summed E-state index contributed by atoms with van der Waals surface area (Å²) in [6.45, 7) is 7.39. The van der Waals surface area contributed by atoms with Crippen molar-refractivity contribution in [2.75, 3.05) is 6.61 Å². The highest BCUT2D eigenvalue weighted by Crippen LogP contribution is 2.16. The van der Waals surface area contributed by atoms with Crippen LogP contribution in [0.25, 0.3) is 0 Å². The van der Waals surface area contributed by atoms with E-state index < -0.39 is 0 Å². The molecule has 0 aromatic heterocycles. The van der Waals surface area contributed by atoms with E-state index in [9.17, 15) is 0 Å². The van der Waals surface area contributed by atoms with Crippen LogP contribution in [-0.4, -0.2) is 6.61 Å². The summed E-state index contributed by atoms with van der Waals surface area (Å²) in [7, 11) is 0. The van der Waals surface area contributed by atoms with Crippen molar-refractivity contribution in [3.63, 3.8) is 0 Å². The molecule has 0 spiro atoms. The van der Waals surface area contributed by atoms with Gasteiger partial charge in [-0.3, -0.25) is 0 Å². The normalized spacial score (nSPS) is 10.3. The molecular formula is C13H17BrO. The largest absolute Gasteiger partial charge is 0.377 e. The summed E-state index contributed by atoms with van der Waals surface area (Å²) in [5.41, 5.74) is 2.42. The van der Waals surface area contributed by atoms with Gasteiger partial charge in [0.05, 0.1) is 6.61 Å². The summed E-state index contributed by atoms with van der Waals surface area (Å²) in [5.74, 6) is 0. The Hall–Kier alpha value is -0.600. The predicted molar refractivity (Wildman–Crippen MR) is 67.8 cm³/mol. The van der Waals surface area contributed by atoms with Crippen LogP contribution in [-0.2, 0) is 11.3 Å². The van der Waals surface area contributed by atoms with Crippen molar-refractivity contribution in [3.8, 4) is 0 Å². The van der Waals surface area contributed by atoms with E-state index in [4.69, 9.17) is 4.74 Å². The molecule has 1 aromatic rings. The van der Waals surface area contributed by atoms with Crippen molar-refractivity contribution < 1.29 is 4.74 Å². The maximum absolute atomic E-state index is 5.58. The SMILES string of the molecule is C=C(C)CCCOCc1ccccc1Br. The number of ether oxygens (including phenoxy) is 1. The first kappa shape index (κ1) is 12.5. The van der Waals surface area contributed by atoms with Crippen LogP contribution in [0.5, 0.6) is 0 Å². The fraction of sp³-hybridized carbons (Fsp3) is 0.385. The van der Waals surface area contributed by atoms with E-state index in [2.05, 4.69) is 28.6 Å². The molecule has 0 radical (unpaired) electrons. The first-order chi connectivity index (χ1) is 7.20. The van der Waals surface area contributed by atoms with Gasteiger partial charge in [0, 0.05) is 11.1 Å². The molecule has 0 aliphatic rings. The molecule has 0 bridgehead atoms. The van der Waals surface area contributed by atoms with Crippen LogP contribution < -0.4 is 0 Å². The Bertz CT molecular complexity index is 320. The van der Waals surface area contributed by atoms with Crippen molar-refractivity contribution in [3.05, 3.63) is 46.5 Å². The Labute approximate surface area is 100 Å². The van der Waals surface area contributed by atoms with Gasteiger partial charge in [-0.1, -0.05) is 39.7 Å². The van der Waals surface area contributed by atoms with Crippen molar-refractivity contribution in [2.45, 2.75) is 26.4 Å². The molecule has 82 valence electrons. The second kappa shape index (κ2) is 6.81. The molecule has 0 saturated carbocycles. The van der Waals surface area contributed by atoms with Crippen LogP contribution in [0.15, 0.2) is 40.9 Å². The molecule has 0 amide bonds. The van der Waals surface area contributed by atoms with Gasteiger partial charge in [-0.15, -0.1) is 6.58 Å². The lowest BCUT2D eigenvalue weighted by Crippen LogP contribution is -1.96. The lowest BCUT2D eigenvalue weighted by molar-refractivity contribution is 0.118. The van der Waals surface area contributed by atoms with Crippen LogP contribution >= 0.6 is 15.9 Å². The molecule has 0 atom stereocenters. The summed E-state index contributed by atoms with van der Waals surface area (Å²) < 4.78 is 6.70. The third-order valence-electron chi connectivity index (χ3n) is 2.11. The minimum Gasteiger partial charge on any atom is -0.377 e. The number of benzene rings is 1. The quantitative estimate of drug-likeness (QED) is 0.552. The second-order valence-electron chi connectivity index (χ2n) is 3.70. The van der Waals surface area contributed by atoms with Crippen LogP contribution in [0, 0.1) is 0 Å². The number of halogens is 1. The molecule has 0 aliphatic carbocycles. The summed E-state index contributed by atoms with van der Waals surface area (Å²) in [6.07, 6.45) is 2.11. The standard InChI is InChI=1S/C13H17BrO/c1-11(2)6-5-9-15-10-12-7-3-4-8-13(12)14/h3-4,7-8H,1,5-6,9-10H2,2H3. The van der Waals surface area contributed by atoms with Gasteiger partial charge < -0.3 is 4.74 Å². The zero-order valence-corrected chi connectivity index (χ0v) is 10.7. The molecule has 0 fully saturated rings. The topological polar surface area (TPSA) is 9.23 Å². The van der Waals surface area contributed by atoms with Gasteiger partial charge in [-0.25, -0.2) is 0 Å². The van der Waals surface area contributed by atoms with Gasteiger partial charge in [0.15, 0.2) is 0 Å². The summed E-state index contributed by atoms with van der Waals surface area (Å²) in [4.78, 5) is 0. The van der Waals surface area contributed by atoms with E-state index in [-0.39, 0.29) is 0 Å². The number of hydrogen-bond donors (Lipinski definition) is 0. The van der Waals surface area contributed by atoms with Gasteiger partial charge in [0.25, 0.3) is 0 Å². The van der Waals surface area contributed by atoms with E-state index in [0.717, 1.165) is 23.9 Å².